The Kier molecular flexibility index (Phi) is 5.17. The molecule has 4 aliphatic carbocycles. The van der Waals surface area contributed by atoms with Crippen LogP contribution in [0.1, 0.15) is 85.5 Å². The Morgan fingerprint density at radius 3 is 2.64 bits per heavy atom. The van der Waals surface area contributed by atoms with E-state index < -0.39 is 0 Å². The highest BCUT2D eigenvalue weighted by Gasteiger charge is 2.62. The van der Waals surface area contributed by atoms with Gasteiger partial charge in [-0.25, -0.2) is 0 Å². The van der Waals surface area contributed by atoms with Gasteiger partial charge in [0.05, 0.1) is 6.42 Å². The zero-order valence-corrected chi connectivity index (χ0v) is 18.2. The molecule has 0 aromatic rings. The molecule has 0 spiro atoms. The van der Waals surface area contributed by atoms with E-state index in [0.29, 0.717) is 41.3 Å². The lowest BCUT2D eigenvalue weighted by molar-refractivity contribution is -0.168. The van der Waals surface area contributed by atoms with Crippen LogP contribution in [0.2, 0.25) is 0 Å². The molecule has 0 aromatic carbocycles. The van der Waals surface area contributed by atoms with Gasteiger partial charge in [0.1, 0.15) is 11.9 Å². The van der Waals surface area contributed by atoms with Gasteiger partial charge in [0.15, 0.2) is 0 Å². The minimum absolute atomic E-state index is 0.0513. The van der Waals surface area contributed by atoms with E-state index in [1.54, 1.807) is 0 Å². The van der Waals surface area contributed by atoms with Crippen LogP contribution in [0.15, 0.2) is 0 Å². The molecule has 28 heavy (non-hydrogen) atoms. The first-order chi connectivity index (χ1) is 13.1. The lowest BCUT2D eigenvalue weighted by Gasteiger charge is -2.62. The molecule has 0 heterocycles. The number of rotatable bonds is 3. The van der Waals surface area contributed by atoms with Crippen molar-refractivity contribution in [3.8, 4) is 0 Å². The molecule has 9 atom stereocenters. The first-order valence-electron chi connectivity index (χ1n) is 11.6. The summed E-state index contributed by atoms with van der Waals surface area (Å²) in [5.41, 5.74) is 6.05. The van der Waals surface area contributed by atoms with Gasteiger partial charge in [-0.2, -0.15) is 0 Å². The van der Waals surface area contributed by atoms with Gasteiger partial charge in [0.2, 0.25) is 0 Å². The zero-order chi connectivity index (χ0) is 20.3. The third-order valence-electron chi connectivity index (χ3n) is 9.47. The smallest absolute Gasteiger partial charge is 0.307 e. The summed E-state index contributed by atoms with van der Waals surface area (Å²) in [6.45, 7) is 9.06. The molecule has 4 nitrogen and oxygen atoms in total. The van der Waals surface area contributed by atoms with Gasteiger partial charge < -0.3 is 10.5 Å². The molecule has 2 unspecified atom stereocenters. The van der Waals surface area contributed by atoms with E-state index in [9.17, 15) is 9.59 Å². The molecule has 158 valence electrons. The second-order valence-corrected chi connectivity index (χ2v) is 11.2. The number of fused-ring (bicyclic) bond motifs is 5. The van der Waals surface area contributed by atoms with Crippen LogP contribution in [0.4, 0.5) is 0 Å². The van der Waals surface area contributed by atoms with E-state index in [1.807, 2.05) is 6.92 Å². The molecule has 0 bridgehead atoms. The molecule has 4 fully saturated rings. The standard InChI is InChI=1S/C24H39NO3/c1-14-11-16-13-17(28-21(27)12-15(2)25)7-9-23(16,3)19-8-10-24(4)18(22(14)19)5-6-20(24)26/h14-19,22H,5-13,25H2,1-4H3/t14-,15?,16?,17+,18+,19+,22+,23+,24+/m1/s1. The van der Waals surface area contributed by atoms with E-state index >= 15 is 0 Å². The summed E-state index contributed by atoms with van der Waals surface area (Å²) in [6, 6.07) is -0.137. The van der Waals surface area contributed by atoms with Gasteiger partial charge in [0, 0.05) is 17.9 Å². The molecular weight excluding hydrogens is 350 g/mol. The summed E-state index contributed by atoms with van der Waals surface area (Å²) in [5.74, 6) is 3.70. The van der Waals surface area contributed by atoms with E-state index in [0.717, 1.165) is 44.4 Å². The molecule has 2 N–H and O–H groups in total. The number of ketones is 1. The quantitative estimate of drug-likeness (QED) is 0.722. The Hall–Kier alpha value is -0.900. The Morgan fingerprint density at radius 1 is 1.18 bits per heavy atom. The van der Waals surface area contributed by atoms with Crippen LogP contribution in [0, 0.1) is 40.4 Å². The van der Waals surface area contributed by atoms with Crippen molar-refractivity contribution in [3.63, 3.8) is 0 Å². The number of ether oxygens (including phenoxy) is 1. The van der Waals surface area contributed by atoms with Gasteiger partial charge in [0.25, 0.3) is 0 Å². The average Bonchev–Trinajstić information content (AvgIpc) is 2.91. The molecule has 0 aliphatic heterocycles. The monoisotopic (exact) mass is 389 g/mol. The third-order valence-corrected chi connectivity index (χ3v) is 9.47. The molecule has 4 saturated carbocycles. The van der Waals surface area contributed by atoms with Gasteiger partial charge in [-0.3, -0.25) is 9.59 Å². The maximum atomic E-state index is 12.6. The number of carbonyl (C=O) groups is 2. The Balaban J connectivity index is 1.49. The summed E-state index contributed by atoms with van der Waals surface area (Å²) < 4.78 is 5.80. The lowest BCUT2D eigenvalue weighted by Crippen LogP contribution is -2.56. The largest absolute Gasteiger partial charge is 0.462 e. The van der Waals surface area contributed by atoms with E-state index in [4.69, 9.17) is 10.5 Å². The van der Waals surface area contributed by atoms with Gasteiger partial charge in [-0.1, -0.05) is 20.8 Å². The predicted octanol–water partition coefficient (Wildman–Crippen LogP) is 4.49. The summed E-state index contributed by atoms with van der Waals surface area (Å²) >= 11 is 0. The van der Waals surface area contributed by atoms with Crippen molar-refractivity contribution in [2.24, 2.45) is 46.2 Å². The van der Waals surface area contributed by atoms with Crippen LogP contribution in [0.25, 0.3) is 0 Å². The van der Waals surface area contributed by atoms with Crippen LogP contribution in [0.5, 0.6) is 0 Å². The van der Waals surface area contributed by atoms with E-state index in [-0.39, 0.29) is 23.5 Å². The summed E-state index contributed by atoms with van der Waals surface area (Å²) in [7, 11) is 0. The molecule has 0 aromatic heterocycles. The van der Waals surface area contributed by atoms with Crippen LogP contribution < -0.4 is 5.73 Å². The van der Waals surface area contributed by atoms with Crippen LogP contribution >= 0.6 is 0 Å². The van der Waals surface area contributed by atoms with Crippen molar-refractivity contribution >= 4 is 11.8 Å². The fraction of sp³-hybridized carbons (Fsp3) is 0.917. The zero-order valence-electron chi connectivity index (χ0n) is 18.2. The first-order valence-corrected chi connectivity index (χ1v) is 11.6. The molecule has 4 rings (SSSR count). The van der Waals surface area contributed by atoms with E-state index in [2.05, 4.69) is 20.8 Å². The third kappa shape index (κ3) is 3.14. The van der Waals surface area contributed by atoms with Gasteiger partial charge >= 0.3 is 5.97 Å². The number of hydrogen-bond acceptors (Lipinski definition) is 4. The highest BCUT2D eigenvalue weighted by molar-refractivity contribution is 5.87. The van der Waals surface area contributed by atoms with Gasteiger partial charge in [-0.15, -0.1) is 0 Å². The molecule has 0 radical (unpaired) electrons. The Labute approximate surface area is 170 Å². The molecule has 0 saturated heterocycles. The lowest BCUT2D eigenvalue weighted by atomic mass is 9.43. The van der Waals surface area contributed by atoms with Crippen LogP contribution in [0.3, 0.4) is 0 Å². The fourth-order valence-electron chi connectivity index (χ4n) is 7.97. The summed E-state index contributed by atoms with van der Waals surface area (Å²) in [4.78, 5) is 24.7. The second kappa shape index (κ2) is 7.11. The minimum atomic E-state index is -0.137. The number of hydrogen-bond donors (Lipinski definition) is 1. The maximum Gasteiger partial charge on any atom is 0.307 e. The van der Waals surface area contributed by atoms with Crippen molar-refractivity contribution in [1.29, 1.82) is 0 Å². The number of nitrogens with two attached hydrogens (primary N) is 1. The van der Waals surface area contributed by atoms with Crippen molar-refractivity contribution in [2.45, 2.75) is 97.6 Å². The maximum absolute atomic E-state index is 12.6. The molecule has 4 aliphatic rings. The fourth-order valence-corrected chi connectivity index (χ4v) is 7.97. The summed E-state index contributed by atoms with van der Waals surface area (Å²) in [6.07, 6.45) is 8.94. The topological polar surface area (TPSA) is 69.4 Å². The van der Waals surface area contributed by atoms with Crippen LogP contribution in [-0.2, 0) is 14.3 Å². The SMILES string of the molecule is CC(N)CC(=O)O[C@H]1CC[C@@]2(C)C(C1)C[C@@H](C)[C@@H]1[C@@H]2CC[C@]2(C)C(=O)CC[C@@H]12. The highest BCUT2D eigenvalue weighted by atomic mass is 16.5. The summed E-state index contributed by atoms with van der Waals surface area (Å²) in [5, 5.41) is 0. The van der Waals surface area contributed by atoms with Crippen molar-refractivity contribution in [2.75, 3.05) is 0 Å². The second-order valence-electron chi connectivity index (χ2n) is 11.2. The number of carbonyl (C=O) groups excluding carboxylic acids is 2. The van der Waals surface area contributed by atoms with Crippen molar-refractivity contribution in [3.05, 3.63) is 0 Å². The molecular formula is C24H39NO3. The average molecular weight is 390 g/mol. The number of Topliss-reactive ketones (excluding diaryl/α,β-unsaturated/α-hetero) is 1. The minimum Gasteiger partial charge on any atom is -0.462 e. The number of esters is 1. The highest BCUT2D eigenvalue weighted by Crippen LogP contribution is 2.66. The molecule has 0 amide bonds. The first kappa shape index (κ1) is 20.4. The van der Waals surface area contributed by atoms with Crippen molar-refractivity contribution in [1.82, 2.24) is 0 Å². The Bertz CT molecular complexity index is 646. The molecule has 4 heteroatoms. The predicted molar refractivity (Wildman–Crippen MR) is 109 cm³/mol. The van der Waals surface area contributed by atoms with Crippen LogP contribution in [-0.4, -0.2) is 23.9 Å². The van der Waals surface area contributed by atoms with Gasteiger partial charge in [-0.05, 0) is 86.9 Å². The Morgan fingerprint density at radius 2 is 1.93 bits per heavy atom. The van der Waals surface area contributed by atoms with Crippen molar-refractivity contribution < 1.29 is 14.3 Å². The van der Waals surface area contributed by atoms with E-state index in [1.165, 1.54) is 12.8 Å². The normalized spacial score (nSPS) is 49.0.